The zero-order valence-corrected chi connectivity index (χ0v) is 13.0. The number of hydrogen-bond acceptors (Lipinski definition) is 2. The van der Waals surface area contributed by atoms with Gasteiger partial charge < -0.3 is 4.74 Å². The summed E-state index contributed by atoms with van der Waals surface area (Å²) in [5, 5.41) is 0.721. The normalized spacial score (nSPS) is 10.3. The molecule has 0 fully saturated rings. The number of hydrogen-bond donors (Lipinski definition) is 0. The SMILES string of the molecule is BrCc1cccnc1Oc1ccc(-c2ccccc2)cc1. The second-order valence-electron chi connectivity index (χ2n) is 4.59. The predicted molar refractivity (Wildman–Crippen MR) is 88.8 cm³/mol. The van der Waals surface area contributed by atoms with E-state index in [0.717, 1.165) is 16.6 Å². The first kappa shape index (κ1) is 13.8. The first-order chi connectivity index (χ1) is 10.4. The van der Waals surface area contributed by atoms with E-state index in [0.29, 0.717) is 5.88 Å². The van der Waals surface area contributed by atoms with E-state index in [1.165, 1.54) is 11.1 Å². The molecule has 0 aliphatic carbocycles. The van der Waals surface area contributed by atoms with Crippen LogP contribution in [0.1, 0.15) is 5.56 Å². The standard InChI is InChI=1S/C18H14BrNO/c19-13-16-7-4-12-20-18(16)21-17-10-8-15(9-11-17)14-5-2-1-3-6-14/h1-12H,13H2. The molecule has 0 amide bonds. The molecule has 3 rings (SSSR count). The van der Waals surface area contributed by atoms with Crippen LogP contribution in [0.2, 0.25) is 0 Å². The van der Waals surface area contributed by atoms with Gasteiger partial charge in [0.2, 0.25) is 5.88 Å². The van der Waals surface area contributed by atoms with E-state index in [-0.39, 0.29) is 0 Å². The van der Waals surface area contributed by atoms with Gasteiger partial charge in [0.15, 0.2) is 0 Å². The van der Waals surface area contributed by atoms with Gasteiger partial charge in [-0.2, -0.15) is 0 Å². The van der Waals surface area contributed by atoms with E-state index in [1.807, 2.05) is 42.5 Å². The first-order valence-electron chi connectivity index (χ1n) is 6.70. The highest BCUT2D eigenvalue weighted by molar-refractivity contribution is 9.08. The van der Waals surface area contributed by atoms with Crippen molar-refractivity contribution < 1.29 is 4.74 Å². The Kier molecular flexibility index (Phi) is 4.31. The molecule has 21 heavy (non-hydrogen) atoms. The van der Waals surface area contributed by atoms with Gasteiger partial charge in [-0.15, -0.1) is 0 Å². The zero-order valence-electron chi connectivity index (χ0n) is 11.4. The maximum Gasteiger partial charge on any atom is 0.223 e. The lowest BCUT2D eigenvalue weighted by atomic mass is 10.1. The average molecular weight is 340 g/mol. The van der Waals surface area contributed by atoms with Gasteiger partial charge in [-0.25, -0.2) is 4.98 Å². The summed E-state index contributed by atoms with van der Waals surface area (Å²) in [7, 11) is 0. The highest BCUT2D eigenvalue weighted by Gasteiger charge is 2.05. The lowest BCUT2D eigenvalue weighted by Gasteiger charge is -2.09. The van der Waals surface area contributed by atoms with Gasteiger partial charge in [0.25, 0.3) is 0 Å². The summed E-state index contributed by atoms with van der Waals surface area (Å²) < 4.78 is 5.85. The van der Waals surface area contributed by atoms with Crippen LogP contribution >= 0.6 is 15.9 Å². The Balaban J connectivity index is 1.82. The lowest BCUT2D eigenvalue weighted by Crippen LogP contribution is -1.92. The van der Waals surface area contributed by atoms with E-state index in [9.17, 15) is 0 Å². The Morgan fingerprint density at radius 3 is 2.24 bits per heavy atom. The van der Waals surface area contributed by atoms with Crippen molar-refractivity contribution in [2.45, 2.75) is 5.33 Å². The molecule has 3 heteroatoms. The highest BCUT2D eigenvalue weighted by Crippen LogP contribution is 2.27. The Morgan fingerprint density at radius 2 is 1.52 bits per heavy atom. The summed E-state index contributed by atoms with van der Waals surface area (Å²) in [4.78, 5) is 4.27. The molecular formula is C18H14BrNO. The van der Waals surface area contributed by atoms with Gasteiger partial charge in [-0.1, -0.05) is 64.5 Å². The summed E-state index contributed by atoms with van der Waals surface area (Å²) in [5.74, 6) is 1.43. The fraction of sp³-hybridized carbons (Fsp3) is 0.0556. The zero-order chi connectivity index (χ0) is 14.5. The van der Waals surface area contributed by atoms with E-state index in [4.69, 9.17) is 4.74 Å². The topological polar surface area (TPSA) is 22.1 Å². The Bertz CT molecular complexity index is 711. The van der Waals surface area contributed by atoms with E-state index >= 15 is 0 Å². The maximum absolute atomic E-state index is 5.85. The second-order valence-corrected chi connectivity index (χ2v) is 5.15. The Labute approximate surface area is 132 Å². The Morgan fingerprint density at radius 1 is 0.810 bits per heavy atom. The van der Waals surface area contributed by atoms with Crippen LogP contribution in [0, 0.1) is 0 Å². The van der Waals surface area contributed by atoms with Gasteiger partial charge in [-0.05, 0) is 29.3 Å². The molecule has 0 spiro atoms. The quantitative estimate of drug-likeness (QED) is 0.590. The molecule has 104 valence electrons. The number of rotatable bonds is 4. The number of pyridine rings is 1. The minimum Gasteiger partial charge on any atom is -0.439 e. The number of ether oxygens (including phenoxy) is 1. The van der Waals surface area contributed by atoms with E-state index in [1.54, 1.807) is 6.20 Å². The van der Waals surface area contributed by atoms with Crippen LogP contribution in [0.25, 0.3) is 11.1 Å². The van der Waals surface area contributed by atoms with Crippen molar-refractivity contribution in [3.8, 4) is 22.8 Å². The third kappa shape index (κ3) is 3.31. The van der Waals surface area contributed by atoms with Crippen LogP contribution < -0.4 is 4.74 Å². The van der Waals surface area contributed by atoms with Crippen LogP contribution in [0.4, 0.5) is 0 Å². The molecular weight excluding hydrogens is 326 g/mol. The average Bonchev–Trinajstić information content (AvgIpc) is 2.57. The molecule has 0 N–H and O–H groups in total. The maximum atomic E-state index is 5.85. The van der Waals surface area contributed by atoms with E-state index in [2.05, 4.69) is 45.2 Å². The third-order valence-electron chi connectivity index (χ3n) is 3.17. The molecule has 0 bridgehead atoms. The molecule has 0 saturated heterocycles. The molecule has 0 unspecified atom stereocenters. The van der Waals surface area contributed by atoms with Crippen molar-refractivity contribution in [1.82, 2.24) is 4.98 Å². The van der Waals surface area contributed by atoms with Crippen LogP contribution in [0.15, 0.2) is 72.9 Å². The van der Waals surface area contributed by atoms with Crippen molar-refractivity contribution in [2.75, 3.05) is 0 Å². The fourth-order valence-electron chi connectivity index (χ4n) is 2.08. The fourth-order valence-corrected chi connectivity index (χ4v) is 2.50. The van der Waals surface area contributed by atoms with Crippen molar-refractivity contribution in [1.29, 1.82) is 0 Å². The molecule has 3 aromatic rings. The summed E-state index contributed by atoms with van der Waals surface area (Å²) in [6.07, 6.45) is 1.74. The van der Waals surface area contributed by atoms with Gasteiger partial charge in [0.1, 0.15) is 5.75 Å². The van der Waals surface area contributed by atoms with E-state index < -0.39 is 0 Å². The number of alkyl halides is 1. The molecule has 1 aromatic heterocycles. The molecule has 0 radical (unpaired) electrons. The lowest BCUT2D eigenvalue weighted by molar-refractivity contribution is 0.458. The molecule has 1 heterocycles. The number of benzene rings is 2. The minimum absolute atomic E-state index is 0.641. The Hall–Kier alpha value is -2.13. The van der Waals surface area contributed by atoms with Crippen LogP contribution in [-0.2, 0) is 5.33 Å². The molecule has 0 atom stereocenters. The summed E-state index contributed by atoms with van der Waals surface area (Å²) >= 11 is 3.44. The second kappa shape index (κ2) is 6.55. The van der Waals surface area contributed by atoms with Crippen LogP contribution in [0.5, 0.6) is 11.6 Å². The number of nitrogens with zero attached hydrogens (tertiary/aromatic N) is 1. The van der Waals surface area contributed by atoms with Crippen molar-refractivity contribution >= 4 is 15.9 Å². The summed E-state index contributed by atoms with van der Waals surface area (Å²) in [6, 6.07) is 22.2. The summed E-state index contributed by atoms with van der Waals surface area (Å²) in [6.45, 7) is 0. The molecule has 2 nitrogen and oxygen atoms in total. The van der Waals surface area contributed by atoms with Crippen molar-refractivity contribution in [3.63, 3.8) is 0 Å². The molecule has 0 aliphatic heterocycles. The molecule has 2 aromatic carbocycles. The van der Waals surface area contributed by atoms with Gasteiger partial charge in [0.05, 0.1) is 0 Å². The number of aromatic nitrogens is 1. The molecule has 0 saturated carbocycles. The van der Waals surface area contributed by atoms with Gasteiger partial charge in [-0.3, -0.25) is 0 Å². The van der Waals surface area contributed by atoms with Crippen molar-refractivity contribution in [2.24, 2.45) is 0 Å². The number of halogens is 1. The minimum atomic E-state index is 0.641. The summed E-state index contributed by atoms with van der Waals surface area (Å²) in [5.41, 5.74) is 3.40. The largest absolute Gasteiger partial charge is 0.439 e. The third-order valence-corrected chi connectivity index (χ3v) is 3.77. The van der Waals surface area contributed by atoms with Crippen LogP contribution in [0.3, 0.4) is 0 Å². The van der Waals surface area contributed by atoms with Crippen LogP contribution in [-0.4, -0.2) is 4.98 Å². The first-order valence-corrected chi connectivity index (χ1v) is 7.82. The highest BCUT2D eigenvalue weighted by atomic mass is 79.9. The molecule has 0 aliphatic rings. The monoisotopic (exact) mass is 339 g/mol. The van der Waals surface area contributed by atoms with Gasteiger partial charge >= 0.3 is 0 Å². The van der Waals surface area contributed by atoms with Gasteiger partial charge in [0, 0.05) is 17.1 Å². The van der Waals surface area contributed by atoms with Crippen molar-refractivity contribution in [3.05, 3.63) is 78.5 Å². The smallest absolute Gasteiger partial charge is 0.223 e. The predicted octanol–water partition coefficient (Wildman–Crippen LogP) is 5.44.